The maximum Gasteiger partial charge on any atom is 0.126 e. The summed E-state index contributed by atoms with van der Waals surface area (Å²) in [6.07, 6.45) is 1.23. The van der Waals surface area contributed by atoms with E-state index in [0.29, 0.717) is 5.75 Å². The van der Waals surface area contributed by atoms with Crippen LogP contribution in [0.5, 0.6) is 5.75 Å². The Morgan fingerprint density at radius 2 is 2.36 bits per heavy atom. The number of benzene rings is 1. The summed E-state index contributed by atoms with van der Waals surface area (Å²) in [5.74, 6) is 0.388. The molecule has 0 aromatic heterocycles. The van der Waals surface area contributed by atoms with Crippen molar-refractivity contribution >= 4 is 0 Å². The van der Waals surface area contributed by atoms with Gasteiger partial charge in [0.2, 0.25) is 0 Å². The normalized spacial score (nSPS) is 22.6. The maximum atomic E-state index is 12.8. The molecule has 1 aliphatic rings. The first kappa shape index (κ1) is 9.46. The highest BCUT2D eigenvalue weighted by Gasteiger charge is 2.20. The summed E-state index contributed by atoms with van der Waals surface area (Å²) in [6, 6.07) is 6.32. The van der Waals surface area contributed by atoms with Gasteiger partial charge in [-0.3, -0.25) is 0 Å². The first-order chi connectivity index (χ1) is 6.74. The second kappa shape index (κ2) is 3.96. The second-order valence-electron chi connectivity index (χ2n) is 3.75. The summed E-state index contributed by atoms with van der Waals surface area (Å²) in [7, 11) is 2.06. The Morgan fingerprint density at radius 3 is 3.00 bits per heavy atom. The van der Waals surface area contributed by atoms with Crippen LogP contribution in [0.2, 0.25) is 0 Å². The van der Waals surface area contributed by atoms with Gasteiger partial charge in [-0.2, -0.15) is 0 Å². The topological polar surface area (TPSA) is 12.5 Å². The van der Waals surface area contributed by atoms with Crippen molar-refractivity contribution in [3.8, 4) is 5.75 Å². The zero-order valence-corrected chi connectivity index (χ0v) is 8.24. The molecular formula is C11H14FNO. The highest BCUT2D eigenvalue weighted by Crippen LogP contribution is 2.18. The predicted molar refractivity (Wildman–Crippen MR) is 52.9 cm³/mol. The molecule has 0 aliphatic carbocycles. The van der Waals surface area contributed by atoms with Gasteiger partial charge >= 0.3 is 0 Å². The molecule has 1 unspecified atom stereocenters. The van der Waals surface area contributed by atoms with Gasteiger partial charge in [-0.1, -0.05) is 6.07 Å². The second-order valence-corrected chi connectivity index (χ2v) is 3.75. The molecule has 0 bridgehead atoms. The molecule has 1 heterocycles. The third-order valence-corrected chi connectivity index (χ3v) is 2.45. The highest BCUT2D eigenvalue weighted by molar-refractivity contribution is 5.22. The van der Waals surface area contributed by atoms with Crippen LogP contribution in [0.15, 0.2) is 24.3 Å². The fourth-order valence-corrected chi connectivity index (χ4v) is 1.72. The van der Waals surface area contributed by atoms with Gasteiger partial charge in [0.25, 0.3) is 0 Å². The van der Waals surface area contributed by atoms with Crippen LogP contribution >= 0.6 is 0 Å². The van der Waals surface area contributed by atoms with E-state index in [1.54, 1.807) is 12.1 Å². The summed E-state index contributed by atoms with van der Waals surface area (Å²) >= 11 is 0. The van der Waals surface area contributed by atoms with Crippen LogP contribution in [0.1, 0.15) is 6.42 Å². The van der Waals surface area contributed by atoms with E-state index < -0.39 is 0 Å². The molecule has 0 radical (unpaired) electrons. The third kappa shape index (κ3) is 2.23. The quantitative estimate of drug-likeness (QED) is 0.714. The Bertz CT molecular complexity index is 316. The van der Waals surface area contributed by atoms with E-state index in [4.69, 9.17) is 4.74 Å². The van der Waals surface area contributed by atoms with Crippen molar-refractivity contribution in [3.05, 3.63) is 30.1 Å². The number of likely N-dealkylation sites (N-methyl/N-ethyl adjacent to an activating group) is 1. The number of halogens is 1. The standard InChI is InChI=1S/C11H14FNO/c1-13-6-5-11(8-13)14-10-4-2-3-9(12)7-10/h2-4,7,11H,5-6,8H2,1H3. The lowest BCUT2D eigenvalue weighted by molar-refractivity contribution is 0.207. The molecule has 1 atom stereocenters. The van der Waals surface area contributed by atoms with Gasteiger partial charge in [-0.15, -0.1) is 0 Å². The molecular weight excluding hydrogens is 181 g/mol. The SMILES string of the molecule is CN1CCC(Oc2cccc(F)c2)C1. The van der Waals surface area contributed by atoms with Crippen molar-refractivity contribution in [2.45, 2.75) is 12.5 Å². The summed E-state index contributed by atoms with van der Waals surface area (Å²) in [6.45, 7) is 1.98. The number of nitrogens with zero attached hydrogens (tertiary/aromatic N) is 1. The van der Waals surface area contributed by atoms with E-state index in [2.05, 4.69) is 11.9 Å². The molecule has 0 saturated carbocycles. The molecule has 14 heavy (non-hydrogen) atoms. The van der Waals surface area contributed by atoms with Gasteiger partial charge in [0.15, 0.2) is 0 Å². The van der Waals surface area contributed by atoms with Gasteiger partial charge < -0.3 is 9.64 Å². The van der Waals surface area contributed by atoms with Crippen LogP contribution in [-0.4, -0.2) is 31.1 Å². The molecule has 1 aromatic carbocycles. The van der Waals surface area contributed by atoms with Crippen molar-refractivity contribution in [2.24, 2.45) is 0 Å². The Hall–Kier alpha value is -1.09. The maximum absolute atomic E-state index is 12.8. The van der Waals surface area contributed by atoms with E-state index in [1.807, 2.05) is 0 Å². The zero-order chi connectivity index (χ0) is 9.97. The minimum atomic E-state index is -0.242. The van der Waals surface area contributed by atoms with E-state index in [0.717, 1.165) is 19.5 Å². The largest absolute Gasteiger partial charge is 0.489 e. The monoisotopic (exact) mass is 195 g/mol. The molecule has 76 valence electrons. The Morgan fingerprint density at radius 1 is 1.50 bits per heavy atom. The van der Waals surface area contributed by atoms with Gasteiger partial charge in [0.05, 0.1) is 0 Å². The highest BCUT2D eigenvalue weighted by atomic mass is 19.1. The van der Waals surface area contributed by atoms with Crippen molar-refractivity contribution in [1.82, 2.24) is 4.90 Å². The van der Waals surface area contributed by atoms with Crippen molar-refractivity contribution in [2.75, 3.05) is 20.1 Å². The third-order valence-electron chi connectivity index (χ3n) is 2.45. The number of rotatable bonds is 2. The van der Waals surface area contributed by atoms with Crippen LogP contribution in [0.3, 0.4) is 0 Å². The molecule has 0 spiro atoms. The lowest BCUT2D eigenvalue weighted by Gasteiger charge is -2.13. The smallest absolute Gasteiger partial charge is 0.126 e. The zero-order valence-electron chi connectivity index (χ0n) is 8.24. The van der Waals surface area contributed by atoms with E-state index in [9.17, 15) is 4.39 Å². The first-order valence-corrected chi connectivity index (χ1v) is 4.85. The minimum Gasteiger partial charge on any atom is -0.489 e. The average molecular weight is 195 g/mol. The van der Waals surface area contributed by atoms with E-state index in [-0.39, 0.29) is 11.9 Å². The molecule has 0 amide bonds. The van der Waals surface area contributed by atoms with Gasteiger partial charge in [-0.05, 0) is 25.6 Å². The van der Waals surface area contributed by atoms with Crippen molar-refractivity contribution in [1.29, 1.82) is 0 Å². The molecule has 2 rings (SSSR count). The molecule has 1 fully saturated rings. The Kier molecular flexibility index (Phi) is 2.68. The van der Waals surface area contributed by atoms with Gasteiger partial charge in [0.1, 0.15) is 17.7 Å². The average Bonchev–Trinajstić information content (AvgIpc) is 2.51. The summed E-state index contributed by atoms with van der Waals surface area (Å²) in [4.78, 5) is 2.21. The summed E-state index contributed by atoms with van der Waals surface area (Å²) < 4.78 is 18.5. The van der Waals surface area contributed by atoms with Gasteiger partial charge in [0, 0.05) is 19.2 Å². The Labute approximate surface area is 83.3 Å². The first-order valence-electron chi connectivity index (χ1n) is 4.85. The van der Waals surface area contributed by atoms with Crippen LogP contribution in [0.4, 0.5) is 4.39 Å². The van der Waals surface area contributed by atoms with E-state index >= 15 is 0 Å². The fourth-order valence-electron chi connectivity index (χ4n) is 1.72. The molecule has 1 saturated heterocycles. The minimum absolute atomic E-state index is 0.210. The molecule has 1 aromatic rings. The van der Waals surface area contributed by atoms with E-state index in [1.165, 1.54) is 12.1 Å². The number of likely N-dealkylation sites (tertiary alicyclic amines) is 1. The fraction of sp³-hybridized carbons (Fsp3) is 0.455. The molecule has 0 N–H and O–H groups in total. The lowest BCUT2D eigenvalue weighted by atomic mass is 10.3. The Balaban J connectivity index is 1.97. The number of hydrogen-bond donors (Lipinski definition) is 0. The van der Waals surface area contributed by atoms with Crippen LogP contribution < -0.4 is 4.74 Å². The number of hydrogen-bond acceptors (Lipinski definition) is 2. The van der Waals surface area contributed by atoms with Gasteiger partial charge in [-0.25, -0.2) is 4.39 Å². The number of ether oxygens (including phenoxy) is 1. The molecule has 1 aliphatic heterocycles. The summed E-state index contributed by atoms with van der Waals surface area (Å²) in [5, 5.41) is 0. The van der Waals surface area contributed by atoms with Crippen molar-refractivity contribution in [3.63, 3.8) is 0 Å². The van der Waals surface area contributed by atoms with Crippen LogP contribution in [-0.2, 0) is 0 Å². The van der Waals surface area contributed by atoms with Crippen LogP contribution in [0, 0.1) is 5.82 Å². The molecule has 2 nitrogen and oxygen atoms in total. The summed E-state index contributed by atoms with van der Waals surface area (Å²) in [5.41, 5.74) is 0. The lowest BCUT2D eigenvalue weighted by Crippen LogP contribution is -2.21. The predicted octanol–water partition coefficient (Wildman–Crippen LogP) is 1.91. The molecule has 3 heteroatoms. The van der Waals surface area contributed by atoms with Crippen molar-refractivity contribution < 1.29 is 9.13 Å². The van der Waals surface area contributed by atoms with Crippen LogP contribution in [0.25, 0.3) is 0 Å².